The van der Waals surface area contributed by atoms with Crippen LogP contribution < -0.4 is 4.74 Å². The number of methoxy groups -OCH3 is 2. The van der Waals surface area contributed by atoms with Crippen LogP contribution in [0.2, 0.25) is 0 Å². The van der Waals surface area contributed by atoms with Crippen LogP contribution in [0.4, 0.5) is 0 Å². The van der Waals surface area contributed by atoms with Gasteiger partial charge >= 0.3 is 5.97 Å². The van der Waals surface area contributed by atoms with Crippen LogP contribution >= 0.6 is 0 Å². The van der Waals surface area contributed by atoms with E-state index < -0.39 is 278 Å². The molecule has 15 N–H and O–H groups in total. The number of aliphatic hydroxyl groups excluding tert-OH is 9. The first-order valence-electron chi connectivity index (χ1n) is 45.9. The third-order valence-corrected chi connectivity index (χ3v) is 28.3. The molecule has 15 rings (SSSR count). The number of benzene rings is 4. The molecular weight excluding hydrogens is 1770 g/mol. The Hall–Kier alpha value is -7.16. The smallest absolute Gasteiger partial charge is 0.316 e. The van der Waals surface area contributed by atoms with Gasteiger partial charge in [-0.05, 0) is 144 Å². The van der Waals surface area contributed by atoms with Crippen molar-refractivity contribution in [3.8, 4) is 28.7 Å². The summed E-state index contributed by atoms with van der Waals surface area (Å²) in [5, 5.41) is 166. The molecule has 0 bridgehead atoms. The van der Waals surface area contributed by atoms with Gasteiger partial charge in [-0.25, -0.2) is 0 Å². The van der Waals surface area contributed by atoms with E-state index in [2.05, 4.69) is 0 Å². The quantitative estimate of drug-likeness (QED) is 0.0395. The highest BCUT2D eigenvalue weighted by Crippen LogP contribution is 2.56. The molecule has 4 aromatic carbocycles. The fourth-order valence-electron chi connectivity index (χ4n) is 20.6. The lowest BCUT2D eigenvalue weighted by Gasteiger charge is -2.48. The van der Waals surface area contributed by atoms with E-state index >= 15 is 4.79 Å². The van der Waals surface area contributed by atoms with E-state index in [0.717, 1.165) is 0 Å². The molecule has 11 aliphatic rings. The standard InChI is InChI=1S/C52H76O24.C42H53NO15/c1-18-29(72-34-14-30(43(58)21(4)68-34)73-33-13-28(54)42(57)20(3)67-33)12-26-10-25-11-27(49(66-9)48(63)41(56)19(2)53)50(47(62)39(25)46(61)38(26)40(18)55)76-36-16-31(44(59)23(6)70-36)74-35-15-32(45(60)22(5)69-35)75-37-17-52(8,65)51(64)24(7)71-37;1-8-42(51)17-28(33-22(35(42)41(50)52-7)14-23-34(38(33)49)37(48)32-21(36(23)47)10-9-11-26(32)45)56-30-15-24(43(5)6)39(19(3)54-30)58-31-16-27(46)40(20(4)55-31)57-29-13-12-25(44)18(2)53-29/h10,12,19-24,27-28,30-37,41-45,49-51,53-61,64-65H,11,13-17H2,1-9H3;9-11,14,18-20,24,27-31,35,39-40,45-46,49,51H,8,12-13,15-17H2,1-7H3/t19-,20-,21-,22-,23-,24-,27+,28-,30-,31-,32-,33+,34+,35+,36+,37+,41+,42-,43-,44-,45+,49+,50+,51-,52+;/m1./s1. The van der Waals surface area contributed by atoms with Crippen LogP contribution in [0, 0.1) is 12.8 Å². The molecule has 40 nitrogen and oxygen atoms in total. The van der Waals surface area contributed by atoms with Gasteiger partial charge in [0.15, 0.2) is 67.2 Å². The van der Waals surface area contributed by atoms with Crippen LogP contribution in [0.25, 0.3) is 10.8 Å². The molecule has 8 saturated heterocycles. The number of carbonyl (C=O) groups is 6. The number of nitrogens with zero attached hydrogens (tertiary/aromatic N) is 1. The lowest BCUT2D eigenvalue weighted by atomic mass is 9.67. The molecule has 744 valence electrons. The number of Topliss-reactive ketones (excluding diaryl/α,β-unsaturated/α-hetero) is 3. The Kier molecular flexibility index (Phi) is 31.7. The largest absolute Gasteiger partial charge is 0.507 e. The van der Waals surface area contributed by atoms with Gasteiger partial charge in [-0.1, -0.05) is 19.1 Å². The van der Waals surface area contributed by atoms with Gasteiger partial charge in [0.2, 0.25) is 12.1 Å². The monoisotopic (exact) mass is 1900 g/mol. The van der Waals surface area contributed by atoms with Crippen molar-refractivity contribution >= 4 is 45.7 Å². The summed E-state index contributed by atoms with van der Waals surface area (Å²) in [5.74, 6) is -8.66. The first kappa shape index (κ1) is 103. The molecular formula is C94H129NO39. The van der Waals surface area contributed by atoms with Crippen LogP contribution in [0.3, 0.4) is 0 Å². The molecule has 8 fully saturated rings. The number of carbonyl (C=O) groups excluding carboxylic acids is 6. The number of aromatic hydroxyl groups is 4. The third-order valence-electron chi connectivity index (χ3n) is 28.3. The van der Waals surface area contributed by atoms with E-state index in [0.29, 0.717) is 12.8 Å². The van der Waals surface area contributed by atoms with E-state index in [1.165, 1.54) is 78.3 Å². The maximum Gasteiger partial charge on any atom is 0.316 e. The number of hydrogen-bond acceptors (Lipinski definition) is 40. The number of phenols is 4. The number of ether oxygens (including phenoxy) is 18. The summed E-state index contributed by atoms with van der Waals surface area (Å²) in [7, 11) is 6.10. The van der Waals surface area contributed by atoms with Gasteiger partial charge in [0, 0.05) is 106 Å². The van der Waals surface area contributed by atoms with Gasteiger partial charge in [0.1, 0.15) is 102 Å². The first-order chi connectivity index (χ1) is 63.2. The van der Waals surface area contributed by atoms with E-state index in [9.17, 15) is 101 Å². The van der Waals surface area contributed by atoms with Crippen LogP contribution in [0.15, 0.2) is 36.4 Å². The van der Waals surface area contributed by atoms with Crippen molar-refractivity contribution < 1.29 is 191 Å². The van der Waals surface area contributed by atoms with Crippen LogP contribution in [-0.2, 0) is 101 Å². The topological polar surface area (TPSA) is 575 Å². The second kappa shape index (κ2) is 41.3. The number of hydrogen-bond donors (Lipinski definition) is 15. The lowest BCUT2D eigenvalue weighted by Crippen LogP contribution is -2.58. The zero-order valence-corrected chi connectivity index (χ0v) is 77.7. The molecule has 134 heavy (non-hydrogen) atoms. The Balaban J connectivity index is 0.000000223. The van der Waals surface area contributed by atoms with Gasteiger partial charge in [-0.2, -0.15) is 0 Å². The zero-order chi connectivity index (χ0) is 97.5. The van der Waals surface area contributed by atoms with E-state index in [1.54, 1.807) is 55.4 Å². The molecule has 4 aromatic rings. The molecule has 0 radical (unpaired) electrons. The average molecular weight is 1900 g/mol. The van der Waals surface area contributed by atoms with Crippen molar-refractivity contribution in [1.82, 2.24) is 4.90 Å². The minimum atomic E-state index is -1.95. The van der Waals surface area contributed by atoms with Crippen LogP contribution in [0.5, 0.6) is 28.7 Å². The molecule has 0 spiro atoms. The SMILES string of the molecule is CCC1(O)CC(OC2CC(N(C)C)C(OC3CC(O)C(OC4CCC(=O)C(C)O4)C(C)O3)C(C)O2)c2c(cc3c(c2O)C(=O)c2c(O)cccc2C3=O)C1C(=O)OC.CO[C@H](C(=O)[C@@H](O)[C@@H](C)O)[C@@H]1Cc2cc3cc(O[C@H]4C[C@@H](O[C@H]5C[C@@H](O)[C@H](O)[C@@H](C)O5)[C@H](O)[C@@H](C)O4)c(C)c(O)c3c(O)c2C(=O)[C@H]1O[C@H]1C[C@@H](O[C@H]2C[C@@H](O[C@H]3C[C@](C)(O)[C@H](O)[C@@H](C)O3)[C@@H](O)[C@@H](C)O2)[C@H](O)[C@@H](C)O1. The predicted molar refractivity (Wildman–Crippen MR) is 460 cm³/mol. The molecule has 3 aliphatic carbocycles. The molecule has 0 aromatic heterocycles. The number of ketones is 5. The minimum Gasteiger partial charge on any atom is -0.507 e. The number of fused-ring (bicyclic) bond motifs is 5. The minimum absolute atomic E-state index is 0.00573. The fourth-order valence-corrected chi connectivity index (χ4v) is 20.6. The Morgan fingerprint density at radius 1 is 0.567 bits per heavy atom. The van der Waals surface area contributed by atoms with Gasteiger partial charge in [0.25, 0.3) is 0 Å². The summed E-state index contributed by atoms with van der Waals surface area (Å²) in [5.41, 5.74) is -3.97. The van der Waals surface area contributed by atoms with Crippen molar-refractivity contribution in [2.45, 2.75) is 386 Å². The maximum absolute atomic E-state index is 15.0. The fraction of sp³-hybridized carbons (Fsp3) is 0.702. The van der Waals surface area contributed by atoms with Crippen LogP contribution in [0.1, 0.15) is 223 Å². The first-order valence-corrected chi connectivity index (χ1v) is 45.9. The summed E-state index contributed by atoms with van der Waals surface area (Å²) in [4.78, 5) is 83.9. The summed E-state index contributed by atoms with van der Waals surface area (Å²) < 4.78 is 109. The molecule has 8 aliphatic heterocycles. The van der Waals surface area contributed by atoms with Crippen LogP contribution in [-0.4, -0.2) is 359 Å². The van der Waals surface area contributed by atoms with Crippen molar-refractivity contribution in [2.24, 2.45) is 5.92 Å². The Morgan fingerprint density at radius 3 is 1.69 bits per heavy atom. The average Bonchev–Trinajstić information content (AvgIpc) is 0.706. The second-order valence-corrected chi connectivity index (χ2v) is 38.0. The second-order valence-electron chi connectivity index (χ2n) is 38.0. The number of phenolic OH excluding ortho intramolecular Hbond substituents is 4. The highest BCUT2D eigenvalue weighted by molar-refractivity contribution is 6.30. The third kappa shape index (κ3) is 20.6. The molecule has 13 unspecified atom stereocenters. The highest BCUT2D eigenvalue weighted by atomic mass is 16.8. The maximum atomic E-state index is 15.0. The molecule has 38 atom stereocenters. The van der Waals surface area contributed by atoms with E-state index in [1.807, 2.05) is 19.0 Å². The van der Waals surface area contributed by atoms with Gasteiger partial charge < -0.3 is 167 Å². The number of esters is 1. The molecule has 40 heteroatoms. The molecule has 0 saturated carbocycles. The number of likely N-dealkylation sites (N-methyl/N-ethyl adjacent to an activating group) is 1. The Bertz CT molecular complexity index is 4890. The summed E-state index contributed by atoms with van der Waals surface area (Å²) >= 11 is 0. The van der Waals surface area contributed by atoms with E-state index in [4.69, 9.17) is 85.3 Å². The van der Waals surface area contributed by atoms with Crippen molar-refractivity contribution in [1.29, 1.82) is 0 Å². The summed E-state index contributed by atoms with van der Waals surface area (Å²) in [6.07, 6.45) is -33.6. The summed E-state index contributed by atoms with van der Waals surface area (Å²) in [6, 6.07) is 8.14. The Morgan fingerprint density at radius 2 is 1.11 bits per heavy atom. The number of rotatable bonds is 24. The number of aliphatic hydroxyl groups is 11. The summed E-state index contributed by atoms with van der Waals surface area (Å²) in [6.45, 7) is 19.0. The van der Waals surface area contributed by atoms with Crippen molar-refractivity contribution in [3.63, 3.8) is 0 Å². The predicted octanol–water partition coefficient (Wildman–Crippen LogP) is 2.91. The highest BCUT2D eigenvalue weighted by Gasteiger charge is 2.57. The molecule has 0 amide bonds. The van der Waals surface area contributed by atoms with Crippen molar-refractivity contribution in [3.05, 3.63) is 86.5 Å². The van der Waals surface area contributed by atoms with Gasteiger partial charge in [0.05, 0.1) is 126 Å². The zero-order valence-electron chi connectivity index (χ0n) is 77.7. The van der Waals surface area contributed by atoms with Gasteiger partial charge in [-0.3, -0.25) is 28.8 Å². The van der Waals surface area contributed by atoms with Gasteiger partial charge in [-0.15, -0.1) is 0 Å². The Labute approximate surface area is 773 Å². The molecule has 8 heterocycles. The normalized spacial score (nSPS) is 39.8. The van der Waals surface area contributed by atoms with E-state index in [-0.39, 0.29) is 143 Å². The van der Waals surface area contributed by atoms with Crippen molar-refractivity contribution in [2.75, 3.05) is 28.3 Å². The lowest BCUT2D eigenvalue weighted by molar-refractivity contribution is -0.334.